The predicted octanol–water partition coefficient (Wildman–Crippen LogP) is 2.43. The summed E-state index contributed by atoms with van der Waals surface area (Å²) < 4.78 is 4.08. The van der Waals surface area contributed by atoms with E-state index in [4.69, 9.17) is 11.6 Å². The molecule has 0 saturated carbocycles. The number of fused-ring (bicyclic) bond motifs is 3. The van der Waals surface area contributed by atoms with Crippen LogP contribution in [0.25, 0.3) is 16.7 Å². The third-order valence-electron chi connectivity index (χ3n) is 4.97. The zero-order valence-electron chi connectivity index (χ0n) is 17.2. The van der Waals surface area contributed by atoms with Gasteiger partial charge in [0.15, 0.2) is 0 Å². The molecule has 0 fully saturated rings. The molecule has 1 amide bonds. The molecule has 0 radical (unpaired) electrons. The van der Waals surface area contributed by atoms with Crippen LogP contribution in [0.15, 0.2) is 58.1 Å². The van der Waals surface area contributed by atoms with Gasteiger partial charge in [-0.3, -0.25) is 14.2 Å². The van der Waals surface area contributed by atoms with Crippen molar-refractivity contribution in [2.45, 2.75) is 39.4 Å². The van der Waals surface area contributed by atoms with Crippen molar-refractivity contribution < 1.29 is 4.79 Å². The van der Waals surface area contributed by atoms with Crippen LogP contribution in [0.4, 0.5) is 0 Å². The summed E-state index contributed by atoms with van der Waals surface area (Å²) in [6.45, 7) is 4.01. The molecule has 4 rings (SSSR count). The number of carbonyl (C=O) groups is 1. The average molecular weight is 440 g/mol. The minimum Gasteiger partial charge on any atom is -0.354 e. The Morgan fingerprint density at radius 2 is 1.81 bits per heavy atom. The van der Waals surface area contributed by atoms with Gasteiger partial charge < -0.3 is 5.32 Å². The molecule has 9 heteroatoms. The largest absolute Gasteiger partial charge is 0.354 e. The zero-order chi connectivity index (χ0) is 22.1. The summed E-state index contributed by atoms with van der Waals surface area (Å²) in [7, 11) is 0. The van der Waals surface area contributed by atoms with Crippen molar-refractivity contribution in [1.82, 2.24) is 24.1 Å². The lowest BCUT2D eigenvalue weighted by molar-refractivity contribution is -0.121. The summed E-state index contributed by atoms with van der Waals surface area (Å²) in [6.07, 6.45) is 0.0949. The number of nitrogens with one attached hydrogen (secondary N) is 1. The van der Waals surface area contributed by atoms with Crippen molar-refractivity contribution in [3.63, 3.8) is 0 Å². The van der Waals surface area contributed by atoms with Gasteiger partial charge in [-0.25, -0.2) is 13.9 Å². The first-order valence-corrected chi connectivity index (χ1v) is 10.4. The first-order valence-electron chi connectivity index (χ1n) is 10.0. The van der Waals surface area contributed by atoms with E-state index in [0.717, 1.165) is 5.56 Å². The zero-order valence-corrected chi connectivity index (χ0v) is 18.0. The maximum Gasteiger partial charge on any atom is 0.352 e. The van der Waals surface area contributed by atoms with E-state index in [-0.39, 0.29) is 48.5 Å². The first-order chi connectivity index (χ1) is 14.9. The lowest BCUT2D eigenvalue weighted by atomic mass is 10.2. The van der Waals surface area contributed by atoms with E-state index in [1.165, 1.54) is 13.6 Å². The number of nitrogens with zero attached hydrogens (tertiary/aromatic N) is 4. The second-order valence-corrected chi connectivity index (χ2v) is 8.02. The highest BCUT2D eigenvalue weighted by Gasteiger charge is 2.18. The Balaban J connectivity index is 1.87. The quantitative estimate of drug-likeness (QED) is 0.499. The lowest BCUT2D eigenvalue weighted by Crippen LogP contribution is -2.32. The van der Waals surface area contributed by atoms with Crippen LogP contribution in [-0.4, -0.2) is 30.7 Å². The number of amides is 1. The number of aromatic nitrogens is 4. The summed E-state index contributed by atoms with van der Waals surface area (Å²) in [5.41, 5.74) is 0.534. The molecule has 2 heterocycles. The van der Waals surface area contributed by atoms with E-state index < -0.39 is 0 Å². The van der Waals surface area contributed by atoms with Gasteiger partial charge in [-0.05, 0) is 37.6 Å². The van der Waals surface area contributed by atoms with Gasteiger partial charge >= 0.3 is 5.69 Å². The van der Waals surface area contributed by atoms with Gasteiger partial charge in [-0.1, -0.05) is 41.9 Å². The maximum atomic E-state index is 13.2. The molecule has 160 valence electrons. The third-order valence-corrected chi connectivity index (χ3v) is 5.34. The molecule has 1 N–H and O–H groups in total. The van der Waals surface area contributed by atoms with Crippen LogP contribution in [0.2, 0.25) is 5.02 Å². The molecule has 0 saturated heterocycles. The molecule has 4 aromatic rings. The van der Waals surface area contributed by atoms with Crippen LogP contribution in [0.5, 0.6) is 0 Å². The minimum atomic E-state index is -0.383. The van der Waals surface area contributed by atoms with E-state index in [2.05, 4.69) is 10.4 Å². The highest BCUT2D eigenvalue weighted by atomic mass is 35.5. The van der Waals surface area contributed by atoms with Gasteiger partial charge in [0.25, 0.3) is 5.56 Å². The van der Waals surface area contributed by atoms with Crippen molar-refractivity contribution in [3.8, 4) is 0 Å². The molecule has 0 spiro atoms. The Kier molecular flexibility index (Phi) is 5.65. The molecule has 8 nitrogen and oxygen atoms in total. The third kappa shape index (κ3) is 3.98. The molecule has 0 bridgehead atoms. The molecular weight excluding hydrogens is 418 g/mol. The SMILES string of the molecule is CC(C)NC(=O)CCn1c(=O)c2ccccc2n2c(=O)n(Cc3ccccc3Cl)nc12. The van der Waals surface area contributed by atoms with Crippen molar-refractivity contribution in [3.05, 3.63) is 80.0 Å². The van der Waals surface area contributed by atoms with Gasteiger partial charge in [0.2, 0.25) is 11.7 Å². The Morgan fingerprint density at radius 3 is 2.55 bits per heavy atom. The number of aryl methyl sites for hydroxylation is 1. The molecule has 0 unspecified atom stereocenters. The van der Waals surface area contributed by atoms with E-state index in [0.29, 0.717) is 15.9 Å². The van der Waals surface area contributed by atoms with Gasteiger partial charge in [0.1, 0.15) is 0 Å². The van der Waals surface area contributed by atoms with E-state index in [1.54, 1.807) is 30.3 Å². The standard InChI is InChI=1S/C22H22ClN5O3/c1-14(2)24-19(29)11-12-26-20(30)16-8-4-6-10-18(16)28-21(26)25-27(22(28)31)13-15-7-3-5-9-17(15)23/h3-10,14H,11-13H2,1-2H3,(H,24,29). The fourth-order valence-corrected chi connectivity index (χ4v) is 3.76. The monoisotopic (exact) mass is 439 g/mol. The second-order valence-electron chi connectivity index (χ2n) is 7.61. The van der Waals surface area contributed by atoms with Gasteiger partial charge in [0.05, 0.1) is 17.4 Å². The van der Waals surface area contributed by atoms with Crippen LogP contribution >= 0.6 is 11.6 Å². The van der Waals surface area contributed by atoms with Crippen LogP contribution in [0.3, 0.4) is 0 Å². The Labute approximate surface area is 182 Å². The molecule has 0 aliphatic rings. The fourth-order valence-electron chi connectivity index (χ4n) is 3.57. The number of benzene rings is 2. The summed E-state index contributed by atoms with van der Waals surface area (Å²) in [4.78, 5) is 38.5. The lowest BCUT2D eigenvalue weighted by Gasteiger charge is -2.11. The van der Waals surface area contributed by atoms with E-state index in [9.17, 15) is 14.4 Å². The summed E-state index contributed by atoms with van der Waals surface area (Å²) in [6, 6.07) is 14.1. The summed E-state index contributed by atoms with van der Waals surface area (Å²) >= 11 is 6.25. The number of carbonyl (C=O) groups excluding carboxylic acids is 1. The van der Waals surface area contributed by atoms with Gasteiger partial charge in [-0.15, -0.1) is 5.10 Å². The molecule has 0 aliphatic heterocycles. The topological polar surface area (TPSA) is 90.4 Å². The number of hydrogen-bond donors (Lipinski definition) is 1. The van der Waals surface area contributed by atoms with Crippen molar-refractivity contribution >= 4 is 34.2 Å². The highest BCUT2D eigenvalue weighted by Crippen LogP contribution is 2.16. The van der Waals surface area contributed by atoms with Crippen LogP contribution in [-0.2, 0) is 17.9 Å². The molecule has 0 atom stereocenters. The molecular formula is C22H22ClN5O3. The van der Waals surface area contributed by atoms with Crippen LogP contribution in [0.1, 0.15) is 25.8 Å². The van der Waals surface area contributed by atoms with Crippen molar-refractivity contribution in [2.24, 2.45) is 0 Å². The molecule has 2 aromatic carbocycles. The number of halogens is 1. The fraction of sp³-hybridized carbons (Fsp3) is 0.273. The molecule has 2 aromatic heterocycles. The number of hydrogen-bond acceptors (Lipinski definition) is 4. The number of rotatable bonds is 6. The van der Waals surface area contributed by atoms with Gasteiger partial charge in [0, 0.05) is 24.0 Å². The average Bonchev–Trinajstić information content (AvgIpc) is 3.05. The van der Waals surface area contributed by atoms with Crippen LogP contribution in [0, 0.1) is 0 Å². The highest BCUT2D eigenvalue weighted by molar-refractivity contribution is 6.31. The summed E-state index contributed by atoms with van der Waals surface area (Å²) in [5, 5.41) is 8.16. The van der Waals surface area contributed by atoms with Crippen molar-refractivity contribution in [2.75, 3.05) is 0 Å². The molecule has 31 heavy (non-hydrogen) atoms. The van der Waals surface area contributed by atoms with Gasteiger partial charge in [-0.2, -0.15) is 0 Å². The normalized spacial score (nSPS) is 11.5. The van der Waals surface area contributed by atoms with Crippen molar-refractivity contribution in [1.29, 1.82) is 0 Å². The molecule has 0 aliphatic carbocycles. The Bertz CT molecular complexity index is 1400. The first kappa shape index (κ1) is 20.9. The summed E-state index contributed by atoms with van der Waals surface area (Å²) in [5.74, 6) is 0.0177. The van der Waals surface area contributed by atoms with Crippen LogP contribution < -0.4 is 16.6 Å². The van der Waals surface area contributed by atoms with E-state index in [1.807, 2.05) is 32.0 Å². The maximum absolute atomic E-state index is 13.2. The minimum absolute atomic E-state index is 0.00158. The second kappa shape index (κ2) is 8.39. The Morgan fingerprint density at radius 1 is 1.10 bits per heavy atom. The van der Waals surface area contributed by atoms with E-state index >= 15 is 0 Å². The Hall–Kier alpha value is -3.39. The number of para-hydroxylation sites is 1. The predicted molar refractivity (Wildman–Crippen MR) is 120 cm³/mol. The smallest absolute Gasteiger partial charge is 0.352 e.